The first-order valence-electron chi connectivity index (χ1n) is 17.6. The number of aromatic nitrogens is 9. The van der Waals surface area contributed by atoms with Crippen molar-refractivity contribution in [3.05, 3.63) is 146 Å². The molecule has 298 valence electrons. The van der Waals surface area contributed by atoms with Gasteiger partial charge in [0.25, 0.3) is 0 Å². The second-order valence-electron chi connectivity index (χ2n) is 14.5. The minimum absolute atomic E-state index is 0. The molecule has 6 heterocycles. The van der Waals surface area contributed by atoms with Crippen molar-refractivity contribution in [3.63, 3.8) is 0 Å². The number of aryl methyl sites for hydroxylation is 1. The molecule has 0 bridgehead atoms. The minimum atomic E-state index is -1.56. The van der Waals surface area contributed by atoms with Gasteiger partial charge in [-0.3, -0.25) is 15.0 Å². The molecule has 0 aliphatic heterocycles. The van der Waals surface area contributed by atoms with Gasteiger partial charge in [0.05, 0.1) is 17.1 Å². The number of benzene rings is 1. The van der Waals surface area contributed by atoms with E-state index < -0.39 is 29.9 Å². The van der Waals surface area contributed by atoms with E-state index in [9.17, 15) is 19.8 Å². The first-order chi connectivity index (χ1) is 26.1. The first-order valence-corrected chi connectivity index (χ1v) is 17.6. The molecule has 57 heavy (non-hydrogen) atoms. The predicted molar refractivity (Wildman–Crippen MR) is 215 cm³/mol. The van der Waals surface area contributed by atoms with Gasteiger partial charge in [0, 0.05) is 41.4 Å². The van der Waals surface area contributed by atoms with Crippen LogP contribution in [0.2, 0.25) is 0 Å². The molecule has 7 rings (SSSR count). The molecule has 14 nitrogen and oxygen atoms in total. The second kappa shape index (κ2) is 22.3. The Labute approximate surface area is 364 Å². The molecule has 7 aromatic rings. The molecule has 0 radical (unpaired) electrons. The maximum absolute atomic E-state index is 9.91. The number of hydrogen-bond acceptors (Lipinski definition) is 10. The first kappa shape index (κ1) is 47.7. The van der Waals surface area contributed by atoms with Crippen molar-refractivity contribution in [2.75, 3.05) is 0 Å². The molecule has 0 aliphatic carbocycles. The van der Waals surface area contributed by atoms with Crippen molar-refractivity contribution in [3.8, 4) is 34.2 Å². The molecule has 0 atom stereocenters. The molecule has 0 amide bonds. The summed E-state index contributed by atoms with van der Waals surface area (Å²) in [4.78, 5) is 33.1. The Morgan fingerprint density at radius 3 is 0.982 bits per heavy atom. The summed E-state index contributed by atoms with van der Waals surface area (Å²) in [5, 5.41) is 34.3. The van der Waals surface area contributed by atoms with Gasteiger partial charge >= 0.3 is 45.7 Å². The number of carbonyl (C=O) groups is 2. The van der Waals surface area contributed by atoms with E-state index in [1.165, 1.54) is 5.56 Å². The summed E-state index contributed by atoms with van der Waals surface area (Å²) >= 11 is 0. The van der Waals surface area contributed by atoms with E-state index in [-0.39, 0.29) is 44.1 Å². The summed E-state index contributed by atoms with van der Waals surface area (Å²) in [6.45, 7) is 11.7. The number of carboxylic acids is 2. The standard InChI is InChI=1S/C24H19BN9.C7H8.2C5H10O2.H2O.Tb/c1-4-13-26-19(7-1)22-10-16-32(29-22)25(33-17-11-23(30-33)20-8-2-5-14-27-20)34-18-12-24(31-34)21-9-3-6-15-28-21;1-7-5-3-2-4-6-7;2*1-5(2,3)4(6)7;;/h1-18,25H;2-6H,1H3;2*1-3H3,(H,6,7);1H2;/q-1;;;;;+3/p-1. The number of aliphatic carboxylic acids is 2. The summed E-state index contributed by atoms with van der Waals surface area (Å²) in [5.74, 6) is -2.01. The average Bonchev–Trinajstić information content (AvgIpc) is 3.97. The average molecular weight is 917 g/mol. The quantitative estimate of drug-likeness (QED) is 0.175. The molecule has 0 fully saturated rings. The number of pyridine rings is 3. The number of hydrogen-bond donors (Lipinski definition) is 0. The van der Waals surface area contributed by atoms with Crippen LogP contribution in [0.1, 0.15) is 47.1 Å². The third-order valence-electron chi connectivity index (χ3n) is 7.74. The minimum Gasteiger partial charge on any atom is -0.550 e. The summed E-state index contributed by atoms with van der Waals surface area (Å²) in [7, 11) is -1.56. The van der Waals surface area contributed by atoms with Gasteiger partial charge < -0.3 is 39.1 Å². The Morgan fingerprint density at radius 2 is 0.772 bits per heavy atom. The van der Waals surface area contributed by atoms with Crippen LogP contribution in [0.5, 0.6) is 0 Å². The Hall–Kier alpha value is -5.45. The van der Waals surface area contributed by atoms with Crippen LogP contribution >= 0.6 is 0 Å². The molecule has 1 aromatic carbocycles. The third kappa shape index (κ3) is 14.9. The summed E-state index contributed by atoms with van der Waals surface area (Å²) < 4.78 is 5.69. The number of carbonyl (C=O) groups excluding carboxylic acids is 2. The monoisotopic (exact) mass is 916 g/mol. The molecule has 16 heteroatoms. The van der Waals surface area contributed by atoms with Crippen LogP contribution in [0, 0.1) is 56.4 Å². The van der Waals surface area contributed by atoms with Crippen molar-refractivity contribution in [1.82, 2.24) is 44.0 Å². The Bertz CT molecular complexity index is 2010. The molecule has 0 saturated heterocycles. The predicted octanol–water partition coefficient (Wildman–Crippen LogP) is 3.76. The van der Waals surface area contributed by atoms with E-state index in [2.05, 4.69) is 34.0 Å². The van der Waals surface area contributed by atoms with E-state index in [1.807, 2.05) is 123 Å². The summed E-state index contributed by atoms with van der Waals surface area (Å²) in [6, 6.07) is 33.5. The van der Waals surface area contributed by atoms with Crippen molar-refractivity contribution in [2.45, 2.75) is 48.5 Å². The van der Waals surface area contributed by atoms with Gasteiger partial charge in [-0.1, -0.05) is 95.6 Å². The van der Waals surface area contributed by atoms with Gasteiger partial charge in [0.1, 0.15) is 17.1 Å². The van der Waals surface area contributed by atoms with Gasteiger partial charge in [0.2, 0.25) is 0 Å². The van der Waals surface area contributed by atoms with Gasteiger partial charge in [-0.05, 0) is 80.1 Å². The van der Waals surface area contributed by atoms with Crippen LogP contribution in [-0.2, 0) is 15.1 Å². The fourth-order valence-corrected chi connectivity index (χ4v) is 4.49. The van der Waals surface area contributed by atoms with Gasteiger partial charge in [-0.2, -0.15) is 0 Å². The third-order valence-corrected chi connectivity index (χ3v) is 7.74. The van der Waals surface area contributed by atoms with Crippen LogP contribution in [0.25, 0.3) is 34.2 Å². The molecule has 0 spiro atoms. The maximum Gasteiger partial charge on any atom is 3.00 e. The van der Waals surface area contributed by atoms with E-state index in [1.54, 1.807) is 60.1 Å². The van der Waals surface area contributed by atoms with Gasteiger partial charge in [-0.25, -0.2) is 15.3 Å². The molecular formula is C41H48BN9O5Tb+. The molecule has 6 aromatic heterocycles. The molecule has 0 aliphatic rings. The zero-order valence-electron chi connectivity index (χ0n) is 33.1. The van der Waals surface area contributed by atoms with Crippen LogP contribution in [-0.4, -0.2) is 63.1 Å². The zero-order chi connectivity index (χ0) is 40.0. The number of rotatable bonds is 6. The smallest absolute Gasteiger partial charge is 0.550 e. The van der Waals surface area contributed by atoms with Gasteiger partial charge in [-0.15, -0.1) is 0 Å². The molecule has 3 N–H and O–H groups in total. The molecule has 0 unspecified atom stereocenters. The van der Waals surface area contributed by atoms with E-state index in [4.69, 9.17) is 15.3 Å². The Kier molecular flexibility index (Phi) is 18.7. The number of carboxylic acid groups (broad SMARTS) is 2. The fourth-order valence-electron chi connectivity index (χ4n) is 4.49. The van der Waals surface area contributed by atoms with E-state index in [0.717, 1.165) is 34.2 Å². The van der Waals surface area contributed by atoms with Crippen LogP contribution < -0.4 is 10.2 Å². The van der Waals surface area contributed by atoms with Crippen molar-refractivity contribution in [2.24, 2.45) is 10.8 Å². The van der Waals surface area contributed by atoms with Crippen molar-refractivity contribution < 1.29 is 63.9 Å². The summed E-state index contributed by atoms with van der Waals surface area (Å²) in [6.07, 6.45) is 11.1. The molecule has 0 saturated carbocycles. The van der Waals surface area contributed by atoms with Crippen LogP contribution in [0.15, 0.2) is 140 Å². The SMILES string of the molecule is CC(C)(C)C(=O)[O-].CC(C)(C)C(=O)[O-].Cc1ccccc1.[OH3+].[Tb+3].c1ccc(-c2ccn([BH-](n3ccc(-c4ccccn4)n3)n3ccc(-c4ccccn4)n3)n2)nc1. The fraction of sp³-hybridized carbons (Fsp3) is 0.220. The Balaban J connectivity index is 0.000000401. The van der Waals surface area contributed by atoms with Crippen molar-refractivity contribution >= 4 is 19.1 Å². The normalized spacial score (nSPS) is 10.5. The number of nitrogens with zero attached hydrogens (tertiary/aromatic N) is 9. The molecular weight excluding hydrogens is 868 g/mol. The van der Waals surface area contributed by atoms with Crippen LogP contribution in [0.3, 0.4) is 0 Å². The zero-order valence-corrected chi connectivity index (χ0v) is 35.2. The van der Waals surface area contributed by atoms with Crippen LogP contribution in [0.4, 0.5) is 0 Å². The van der Waals surface area contributed by atoms with E-state index >= 15 is 0 Å². The van der Waals surface area contributed by atoms with Gasteiger partial charge in [0.15, 0.2) is 0 Å². The van der Waals surface area contributed by atoms with Crippen molar-refractivity contribution in [1.29, 1.82) is 0 Å². The largest absolute Gasteiger partial charge is 3.00 e. The maximum atomic E-state index is 9.91. The topological polar surface area (TPSA) is 205 Å². The summed E-state index contributed by atoms with van der Waals surface area (Å²) in [5.41, 5.74) is 4.71. The Morgan fingerprint density at radius 1 is 0.491 bits per heavy atom. The van der Waals surface area contributed by atoms with E-state index in [0.29, 0.717) is 0 Å². The second-order valence-corrected chi connectivity index (χ2v) is 14.5.